The molecule has 1 aromatic carbocycles. The van der Waals surface area contributed by atoms with Gasteiger partial charge in [0, 0.05) is 17.4 Å². The van der Waals surface area contributed by atoms with Crippen LogP contribution >= 0.6 is 15.9 Å². The van der Waals surface area contributed by atoms with Crippen molar-refractivity contribution in [3.63, 3.8) is 0 Å². The summed E-state index contributed by atoms with van der Waals surface area (Å²) in [5, 5.41) is 3.36. The lowest BCUT2D eigenvalue weighted by Crippen LogP contribution is -2.39. The quantitative estimate of drug-likeness (QED) is 0.876. The number of benzene rings is 1. The van der Waals surface area contributed by atoms with Gasteiger partial charge in [0.05, 0.1) is 6.61 Å². The smallest absolute Gasteiger partial charge is 0.120 e. The minimum Gasteiger partial charge on any atom is -0.359 e. The van der Waals surface area contributed by atoms with E-state index in [1.54, 1.807) is 0 Å². The fourth-order valence-electron chi connectivity index (χ4n) is 1.75. The normalized spacial score (nSPS) is 26.7. The van der Waals surface area contributed by atoms with Gasteiger partial charge in [-0.25, -0.2) is 0 Å². The number of nitrogens with one attached hydrogen (secondary N) is 1. The molecule has 0 amide bonds. The maximum Gasteiger partial charge on any atom is 0.120 e. The molecule has 0 bridgehead atoms. The Morgan fingerprint density at radius 3 is 2.71 bits per heavy atom. The summed E-state index contributed by atoms with van der Waals surface area (Å²) in [5.41, 5.74) is 1.12. The summed E-state index contributed by atoms with van der Waals surface area (Å²) in [7, 11) is 0. The second kappa shape index (κ2) is 4.01. The molecule has 0 spiro atoms. The molecule has 1 aliphatic rings. The van der Waals surface area contributed by atoms with Gasteiger partial charge in [-0.3, -0.25) is 5.32 Å². The molecule has 1 atom stereocenters. The first kappa shape index (κ1) is 10.1. The average Bonchev–Trinajstić information content (AvgIpc) is 2.57. The Hall–Kier alpha value is -0.380. The lowest BCUT2D eigenvalue weighted by molar-refractivity contribution is 0.00702. The van der Waals surface area contributed by atoms with E-state index in [1.807, 2.05) is 0 Å². The molecule has 14 heavy (non-hydrogen) atoms. The highest BCUT2D eigenvalue weighted by molar-refractivity contribution is 9.10. The molecule has 1 unspecified atom stereocenters. The molecule has 1 fully saturated rings. The van der Waals surface area contributed by atoms with E-state index >= 15 is 0 Å². The van der Waals surface area contributed by atoms with Crippen LogP contribution in [0, 0.1) is 0 Å². The van der Waals surface area contributed by atoms with Crippen molar-refractivity contribution in [3.8, 4) is 0 Å². The Morgan fingerprint density at radius 2 is 2.14 bits per heavy atom. The first-order valence-electron chi connectivity index (χ1n) is 4.81. The van der Waals surface area contributed by atoms with Crippen LogP contribution in [-0.4, -0.2) is 18.9 Å². The topological polar surface area (TPSA) is 21.3 Å². The van der Waals surface area contributed by atoms with Crippen LogP contribution in [0.2, 0.25) is 0 Å². The van der Waals surface area contributed by atoms with Crippen molar-refractivity contribution in [2.75, 3.05) is 13.2 Å². The van der Waals surface area contributed by atoms with Crippen molar-refractivity contribution in [1.29, 1.82) is 0 Å². The molecule has 0 radical (unpaired) electrons. The molecule has 3 heteroatoms. The minimum absolute atomic E-state index is 0.173. The van der Waals surface area contributed by atoms with E-state index in [1.165, 1.54) is 5.56 Å². The van der Waals surface area contributed by atoms with Gasteiger partial charge in [-0.15, -0.1) is 0 Å². The Kier molecular flexibility index (Phi) is 2.91. The van der Waals surface area contributed by atoms with Gasteiger partial charge in [0.25, 0.3) is 0 Å². The Balaban J connectivity index is 2.06. The molecule has 2 rings (SSSR count). The summed E-state index contributed by atoms with van der Waals surface area (Å²) < 4.78 is 6.77. The SMILES string of the molecule is CC1(Cc2ccc(Br)cc2)NCCO1. The molecule has 1 heterocycles. The van der Waals surface area contributed by atoms with Crippen molar-refractivity contribution < 1.29 is 4.74 Å². The summed E-state index contributed by atoms with van der Waals surface area (Å²) in [6.07, 6.45) is 0.917. The molecule has 2 nitrogen and oxygen atoms in total. The third-order valence-corrected chi connectivity index (χ3v) is 3.01. The van der Waals surface area contributed by atoms with E-state index in [9.17, 15) is 0 Å². The molecule has 0 aromatic heterocycles. The van der Waals surface area contributed by atoms with Gasteiger partial charge in [0.2, 0.25) is 0 Å². The van der Waals surface area contributed by atoms with Crippen molar-refractivity contribution in [2.24, 2.45) is 0 Å². The second-order valence-electron chi connectivity index (χ2n) is 3.81. The third kappa shape index (κ3) is 2.35. The van der Waals surface area contributed by atoms with Crippen molar-refractivity contribution in [1.82, 2.24) is 5.32 Å². The summed E-state index contributed by atoms with van der Waals surface area (Å²) in [4.78, 5) is 0. The number of hydrogen-bond donors (Lipinski definition) is 1. The molecule has 0 saturated carbocycles. The Morgan fingerprint density at radius 1 is 1.43 bits per heavy atom. The molecule has 1 aliphatic heterocycles. The standard InChI is InChI=1S/C11H14BrNO/c1-11(13-6-7-14-11)8-9-2-4-10(12)5-3-9/h2-5,13H,6-8H2,1H3. The van der Waals surface area contributed by atoms with Gasteiger partial charge in [-0.1, -0.05) is 28.1 Å². The lowest BCUT2D eigenvalue weighted by atomic mass is 10.0. The van der Waals surface area contributed by atoms with Crippen LogP contribution in [0.3, 0.4) is 0 Å². The van der Waals surface area contributed by atoms with Gasteiger partial charge in [-0.2, -0.15) is 0 Å². The third-order valence-electron chi connectivity index (χ3n) is 2.48. The fourth-order valence-corrected chi connectivity index (χ4v) is 2.01. The molecule has 1 N–H and O–H groups in total. The molecule has 1 saturated heterocycles. The van der Waals surface area contributed by atoms with Crippen LogP contribution in [0.1, 0.15) is 12.5 Å². The molecule has 76 valence electrons. The zero-order chi connectivity index (χ0) is 10.0. The summed E-state index contributed by atoms with van der Waals surface area (Å²) in [6.45, 7) is 3.86. The molecular formula is C11H14BrNO. The Bertz CT molecular complexity index is 304. The number of hydrogen-bond acceptors (Lipinski definition) is 2. The summed E-state index contributed by atoms with van der Waals surface area (Å²) >= 11 is 3.42. The van der Waals surface area contributed by atoms with E-state index < -0.39 is 0 Å². The van der Waals surface area contributed by atoms with E-state index in [4.69, 9.17) is 4.74 Å². The van der Waals surface area contributed by atoms with Crippen LogP contribution in [0.15, 0.2) is 28.7 Å². The first-order chi connectivity index (χ1) is 6.68. The van der Waals surface area contributed by atoms with Crippen molar-refractivity contribution in [3.05, 3.63) is 34.3 Å². The van der Waals surface area contributed by atoms with Crippen LogP contribution < -0.4 is 5.32 Å². The summed E-state index contributed by atoms with van der Waals surface area (Å²) in [5.74, 6) is 0. The highest BCUT2D eigenvalue weighted by Crippen LogP contribution is 2.19. The minimum atomic E-state index is -0.173. The van der Waals surface area contributed by atoms with Gasteiger partial charge >= 0.3 is 0 Å². The van der Waals surface area contributed by atoms with E-state index in [-0.39, 0.29) is 5.72 Å². The van der Waals surface area contributed by atoms with E-state index in [0.29, 0.717) is 0 Å². The highest BCUT2D eigenvalue weighted by Gasteiger charge is 2.28. The first-order valence-corrected chi connectivity index (χ1v) is 5.61. The van der Waals surface area contributed by atoms with Gasteiger partial charge < -0.3 is 4.74 Å². The van der Waals surface area contributed by atoms with Gasteiger partial charge in [-0.05, 0) is 24.6 Å². The Labute approximate surface area is 92.8 Å². The molecule has 0 aliphatic carbocycles. The lowest BCUT2D eigenvalue weighted by Gasteiger charge is -2.23. The molecule has 1 aromatic rings. The van der Waals surface area contributed by atoms with Gasteiger partial charge in [0.1, 0.15) is 5.72 Å². The zero-order valence-electron chi connectivity index (χ0n) is 8.22. The highest BCUT2D eigenvalue weighted by atomic mass is 79.9. The second-order valence-corrected chi connectivity index (χ2v) is 4.73. The van der Waals surface area contributed by atoms with Crippen LogP contribution in [0.4, 0.5) is 0 Å². The molecular weight excluding hydrogens is 242 g/mol. The van der Waals surface area contributed by atoms with Crippen LogP contribution in [0.25, 0.3) is 0 Å². The van der Waals surface area contributed by atoms with E-state index in [0.717, 1.165) is 24.0 Å². The number of rotatable bonds is 2. The van der Waals surface area contributed by atoms with Crippen LogP contribution in [-0.2, 0) is 11.2 Å². The van der Waals surface area contributed by atoms with E-state index in [2.05, 4.69) is 52.4 Å². The number of ether oxygens (including phenoxy) is 1. The average molecular weight is 256 g/mol. The van der Waals surface area contributed by atoms with Crippen molar-refractivity contribution in [2.45, 2.75) is 19.1 Å². The summed E-state index contributed by atoms with van der Waals surface area (Å²) in [6, 6.07) is 8.37. The predicted octanol–water partition coefficient (Wildman–Crippen LogP) is 2.33. The maximum atomic E-state index is 5.65. The zero-order valence-corrected chi connectivity index (χ0v) is 9.80. The van der Waals surface area contributed by atoms with Crippen LogP contribution in [0.5, 0.6) is 0 Å². The van der Waals surface area contributed by atoms with Gasteiger partial charge in [0.15, 0.2) is 0 Å². The predicted molar refractivity (Wildman–Crippen MR) is 60.2 cm³/mol. The maximum absolute atomic E-state index is 5.65. The number of halogens is 1. The largest absolute Gasteiger partial charge is 0.359 e. The fraction of sp³-hybridized carbons (Fsp3) is 0.455. The van der Waals surface area contributed by atoms with Crippen molar-refractivity contribution >= 4 is 15.9 Å². The monoisotopic (exact) mass is 255 g/mol.